The number of anilines is 1. The average molecular weight is 260 g/mol. The number of amides is 1. The van der Waals surface area contributed by atoms with Crippen LogP contribution in [0.1, 0.15) is 0 Å². The number of carbonyl (C=O) groups excluding carboxylic acids is 1. The number of carbonyl (C=O) groups is 1. The zero-order valence-corrected chi connectivity index (χ0v) is 9.48. The van der Waals surface area contributed by atoms with E-state index in [4.69, 9.17) is 15.6 Å². The molecule has 1 unspecified atom stereocenters. The Balaban J connectivity index is 2.27. The second-order valence-corrected chi connectivity index (χ2v) is 3.56. The Morgan fingerprint density at radius 2 is 2.00 bits per heavy atom. The Hall–Kier alpha value is -1.89. The molecule has 4 N–H and O–H groups in total. The lowest BCUT2D eigenvalue weighted by Gasteiger charge is -2.11. The third-order valence-corrected chi connectivity index (χ3v) is 2.05. The third kappa shape index (κ3) is 4.96. The Labute approximate surface area is 103 Å². The molecule has 100 valence electrons. The predicted molar refractivity (Wildman–Crippen MR) is 61.4 cm³/mol. The van der Waals surface area contributed by atoms with E-state index in [1.54, 1.807) is 24.3 Å². The first-order chi connectivity index (χ1) is 8.49. The summed E-state index contributed by atoms with van der Waals surface area (Å²) in [7, 11) is 0. The van der Waals surface area contributed by atoms with Crippen LogP contribution in [0.15, 0.2) is 24.3 Å². The number of ether oxygens (including phenoxy) is 1. The number of alkyl halides is 2. The van der Waals surface area contributed by atoms with Crippen LogP contribution in [0.4, 0.5) is 14.5 Å². The zero-order chi connectivity index (χ0) is 13.5. The summed E-state index contributed by atoms with van der Waals surface area (Å²) in [5, 5.41) is 10.9. The molecule has 0 saturated heterocycles. The van der Waals surface area contributed by atoms with E-state index in [1.807, 2.05) is 0 Å². The van der Waals surface area contributed by atoms with Crippen molar-refractivity contribution in [3.63, 3.8) is 0 Å². The van der Waals surface area contributed by atoms with Crippen molar-refractivity contribution in [1.82, 2.24) is 5.32 Å². The molecule has 1 aromatic rings. The Morgan fingerprint density at radius 3 is 2.56 bits per heavy atom. The van der Waals surface area contributed by atoms with E-state index in [9.17, 15) is 13.6 Å². The average Bonchev–Trinajstić information content (AvgIpc) is 2.35. The molecule has 0 aliphatic carbocycles. The monoisotopic (exact) mass is 260 g/mol. The second-order valence-electron chi connectivity index (χ2n) is 3.56. The molecule has 0 fully saturated rings. The normalized spacial score (nSPS) is 12.2. The van der Waals surface area contributed by atoms with E-state index in [-0.39, 0.29) is 6.61 Å². The van der Waals surface area contributed by atoms with Crippen LogP contribution >= 0.6 is 0 Å². The van der Waals surface area contributed by atoms with Gasteiger partial charge in [0, 0.05) is 12.2 Å². The summed E-state index contributed by atoms with van der Waals surface area (Å²) in [4.78, 5) is 11.2. The van der Waals surface area contributed by atoms with Crippen molar-refractivity contribution in [1.29, 1.82) is 0 Å². The van der Waals surface area contributed by atoms with Gasteiger partial charge in [0.05, 0.1) is 0 Å². The van der Waals surface area contributed by atoms with Gasteiger partial charge in [-0.2, -0.15) is 0 Å². The molecule has 0 radical (unpaired) electrons. The highest BCUT2D eigenvalue weighted by atomic mass is 19.3. The molecule has 0 spiro atoms. The summed E-state index contributed by atoms with van der Waals surface area (Å²) < 4.78 is 28.9. The summed E-state index contributed by atoms with van der Waals surface area (Å²) in [5.41, 5.74) is 6.02. The lowest BCUT2D eigenvalue weighted by Crippen LogP contribution is -2.38. The summed E-state index contributed by atoms with van der Waals surface area (Å²) in [5.74, 6) is -0.153. The number of benzene rings is 1. The molecule has 5 nitrogen and oxygen atoms in total. The van der Waals surface area contributed by atoms with Crippen molar-refractivity contribution in [2.45, 2.75) is 12.5 Å². The molecule has 1 rings (SSSR count). The van der Waals surface area contributed by atoms with Gasteiger partial charge in [-0.1, -0.05) is 0 Å². The number of nitrogens with one attached hydrogen (secondary N) is 1. The molecule has 0 aliphatic heterocycles. The Morgan fingerprint density at radius 1 is 1.39 bits per heavy atom. The van der Waals surface area contributed by atoms with Crippen molar-refractivity contribution in [3.05, 3.63) is 24.3 Å². The van der Waals surface area contributed by atoms with E-state index in [2.05, 4.69) is 5.32 Å². The quantitative estimate of drug-likeness (QED) is 0.646. The lowest BCUT2D eigenvalue weighted by molar-refractivity contribution is -0.124. The van der Waals surface area contributed by atoms with Crippen LogP contribution in [0, 0.1) is 0 Å². The number of rotatable bonds is 6. The van der Waals surface area contributed by atoms with E-state index in [1.165, 1.54) is 0 Å². The molecule has 18 heavy (non-hydrogen) atoms. The highest BCUT2D eigenvalue weighted by molar-refractivity contribution is 5.77. The molecule has 0 saturated carbocycles. The molecule has 0 bridgehead atoms. The molecule has 1 amide bonds. The fourth-order valence-electron chi connectivity index (χ4n) is 1.07. The lowest BCUT2D eigenvalue weighted by atomic mass is 10.3. The Kier molecular flexibility index (Phi) is 5.31. The molecular weight excluding hydrogens is 246 g/mol. The van der Waals surface area contributed by atoms with Crippen molar-refractivity contribution < 1.29 is 23.4 Å². The van der Waals surface area contributed by atoms with Gasteiger partial charge < -0.3 is 20.9 Å². The zero-order valence-electron chi connectivity index (χ0n) is 9.48. The van der Waals surface area contributed by atoms with Crippen LogP contribution < -0.4 is 15.8 Å². The molecule has 0 aromatic heterocycles. The number of nitrogens with two attached hydrogens (primary N) is 1. The van der Waals surface area contributed by atoms with Crippen molar-refractivity contribution in [3.8, 4) is 5.75 Å². The smallest absolute Gasteiger partial charge is 0.265 e. The summed E-state index contributed by atoms with van der Waals surface area (Å²) >= 11 is 0. The summed E-state index contributed by atoms with van der Waals surface area (Å²) in [6.45, 7) is -0.832. The van der Waals surface area contributed by atoms with Gasteiger partial charge in [0.2, 0.25) is 0 Å². The van der Waals surface area contributed by atoms with Crippen molar-refractivity contribution in [2.24, 2.45) is 0 Å². The maximum absolute atomic E-state index is 11.9. The van der Waals surface area contributed by atoms with Crippen LogP contribution in [0.5, 0.6) is 5.75 Å². The van der Waals surface area contributed by atoms with E-state index >= 15 is 0 Å². The fourth-order valence-corrected chi connectivity index (χ4v) is 1.07. The highest BCUT2D eigenvalue weighted by Crippen LogP contribution is 2.12. The van der Waals surface area contributed by atoms with Crippen LogP contribution in [0.25, 0.3) is 0 Å². The number of aliphatic hydroxyl groups excluding tert-OH is 1. The van der Waals surface area contributed by atoms with Crippen LogP contribution in [0.2, 0.25) is 0 Å². The van der Waals surface area contributed by atoms with Gasteiger partial charge in [0.15, 0.2) is 6.61 Å². The minimum Gasteiger partial charge on any atom is -0.484 e. The first-order valence-corrected chi connectivity index (χ1v) is 5.20. The first kappa shape index (κ1) is 14.2. The van der Waals surface area contributed by atoms with Gasteiger partial charge in [-0.15, -0.1) is 0 Å². The molecule has 0 aliphatic rings. The number of halogens is 2. The predicted octanol–water partition coefficient (Wildman–Crippen LogP) is 0.390. The van der Waals surface area contributed by atoms with Gasteiger partial charge in [0.1, 0.15) is 11.9 Å². The maximum atomic E-state index is 11.9. The number of nitrogen functional groups attached to an aromatic ring is 1. The standard InChI is InChI=1S/C11H14F2N2O3/c12-11(13)9(16)5-15-10(17)6-18-8-3-1-7(14)2-4-8/h1-4,9,11,16H,5-6,14H2,(H,15,17). The SMILES string of the molecule is Nc1ccc(OCC(=O)NCC(O)C(F)F)cc1. The van der Waals surface area contributed by atoms with E-state index in [0.717, 1.165) is 0 Å². The highest BCUT2D eigenvalue weighted by Gasteiger charge is 2.17. The third-order valence-electron chi connectivity index (χ3n) is 2.05. The minimum atomic E-state index is -2.89. The summed E-state index contributed by atoms with van der Waals surface area (Å²) in [6.07, 6.45) is -4.76. The molecule has 1 atom stereocenters. The van der Waals surface area contributed by atoms with E-state index < -0.39 is 25.0 Å². The number of aliphatic hydroxyl groups is 1. The molecular formula is C11H14F2N2O3. The molecule has 1 aromatic carbocycles. The second kappa shape index (κ2) is 6.75. The van der Waals surface area contributed by atoms with Crippen LogP contribution in [-0.4, -0.2) is 36.7 Å². The van der Waals surface area contributed by atoms with Crippen molar-refractivity contribution >= 4 is 11.6 Å². The number of hydrogen-bond acceptors (Lipinski definition) is 4. The van der Waals surface area contributed by atoms with Crippen LogP contribution in [0.3, 0.4) is 0 Å². The fraction of sp³-hybridized carbons (Fsp3) is 0.364. The largest absolute Gasteiger partial charge is 0.484 e. The van der Waals surface area contributed by atoms with Gasteiger partial charge in [0.25, 0.3) is 12.3 Å². The van der Waals surface area contributed by atoms with Crippen molar-refractivity contribution in [2.75, 3.05) is 18.9 Å². The van der Waals surface area contributed by atoms with Gasteiger partial charge in [-0.25, -0.2) is 8.78 Å². The first-order valence-electron chi connectivity index (χ1n) is 5.20. The summed E-state index contributed by atoms with van der Waals surface area (Å²) in [6, 6.07) is 6.37. The number of hydrogen-bond donors (Lipinski definition) is 3. The maximum Gasteiger partial charge on any atom is 0.265 e. The van der Waals surface area contributed by atoms with E-state index in [0.29, 0.717) is 11.4 Å². The molecule has 7 heteroatoms. The van der Waals surface area contributed by atoms with Crippen LogP contribution in [-0.2, 0) is 4.79 Å². The molecule has 0 heterocycles. The Bertz CT molecular complexity index is 384. The minimum absolute atomic E-state index is 0.320. The topological polar surface area (TPSA) is 84.6 Å². The van der Waals surface area contributed by atoms with Gasteiger partial charge in [-0.3, -0.25) is 4.79 Å². The van der Waals surface area contributed by atoms with Gasteiger partial charge in [-0.05, 0) is 24.3 Å². The van der Waals surface area contributed by atoms with Gasteiger partial charge >= 0.3 is 0 Å².